The number of aliphatic hydroxyl groups excluding tert-OH is 5. The molecule has 0 spiro atoms. The monoisotopic (exact) mass is 1010 g/mol. The molecule has 1 heterocycles. The van der Waals surface area contributed by atoms with Crippen LogP contribution in [-0.2, 0) is 14.3 Å². The molecule has 1 rings (SSSR count). The van der Waals surface area contributed by atoms with Crippen LogP contribution in [0.3, 0.4) is 0 Å². The second-order valence-electron chi connectivity index (χ2n) is 18.6. The summed E-state index contributed by atoms with van der Waals surface area (Å²) in [5.41, 5.74) is 0. The van der Waals surface area contributed by atoms with Crippen LogP contribution in [0, 0.1) is 0 Å². The molecule has 1 saturated heterocycles. The van der Waals surface area contributed by atoms with Crippen LogP contribution in [0.2, 0.25) is 0 Å². The standard InChI is InChI=1S/C64H101NO8/c1-3-5-7-9-11-13-14-15-16-17-18-19-20-21-22-23-24-25-26-27-28-29-30-31-32-33-34-35-36-37-38-39-40-41-42-43-44-46-48-50-52-54-60(68)65-57(58(67)53-51-49-47-45-12-10-8-6-4-2)56-72-64-63(71)62(70)61(69)59(55-66)73-64/h5,7,11,13,15-16,18-19,21-22,24-25,27-28,30-31,33-34,36-37,39-40,42-43,51,53,57-59,61-64,66-67,69-71H,3-4,6,8-10,12,14,17,20,23,26,29,32,35,38,41,44-50,52,54-56H2,1-2H3,(H,65,68)/b7-5-,13-11-,16-15-,19-18-,22-21-,25-24-,28-27-,31-30-,34-33-,37-36-,40-39-,43-42-,53-51+. The van der Waals surface area contributed by atoms with Gasteiger partial charge in [-0.2, -0.15) is 0 Å². The summed E-state index contributed by atoms with van der Waals surface area (Å²) in [5, 5.41) is 54.1. The smallest absolute Gasteiger partial charge is 0.220 e. The minimum absolute atomic E-state index is 0.209. The maximum Gasteiger partial charge on any atom is 0.220 e. The lowest BCUT2D eigenvalue weighted by atomic mass is 9.99. The molecule has 0 aromatic heterocycles. The van der Waals surface area contributed by atoms with Crippen molar-refractivity contribution in [3.05, 3.63) is 158 Å². The zero-order chi connectivity index (χ0) is 52.9. The number of amides is 1. The average molecular weight is 1010 g/mol. The summed E-state index contributed by atoms with van der Waals surface area (Å²) < 4.78 is 11.2. The van der Waals surface area contributed by atoms with Crippen LogP contribution in [0.25, 0.3) is 0 Å². The van der Waals surface area contributed by atoms with Gasteiger partial charge in [0, 0.05) is 6.42 Å². The van der Waals surface area contributed by atoms with E-state index in [1.54, 1.807) is 6.08 Å². The van der Waals surface area contributed by atoms with E-state index in [1.165, 1.54) is 32.1 Å². The first kappa shape index (κ1) is 66.8. The van der Waals surface area contributed by atoms with E-state index in [2.05, 4.69) is 165 Å². The minimum Gasteiger partial charge on any atom is -0.394 e. The Kier molecular flexibility index (Phi) is 47.0. The molecule has 6 N–H and O–H groups in total. The summed E-state index contributed by atoms with van der Waals surface area (Å²) in [7, 11) is 0. The molecule has 1 amide bonds. The molecule has 1 fully saturated rings. The molecular weight excluding hydrogens is 911 g/mol. The second-order valence-corrected chi connectivity index (χ2v) is 18.6. The molecule has 9 nitrogen and oxygen atoms in total. The second kappa shape index (κ2) is 51.3. The van der Waals surface area contributed by atoms with Gasteiger partial charge in [-0.3, -0.25) is 4.79 Å². The van der Waals surface area contributed by atoms with Crippen LogP contribution >= 0.6 is 0 Å². The van der Waals surface area contributed by atoms with Crippen molar-refractivity contribution in [2.45, 2.75) is 224 Å². The maximum atomic E-state index is 13.0. The molecule has 1 aliphatic heterocycles. The van der Waals surface area contributed by atoms with E-state index >= 15 is 0 Å². The van der Waals surface area contributed by atoms with Crippen LogP contribution in [0.5, 0.6) is 0 Å². The van der Waals surface area contributed by atoms with Crippen molar-refractivity contribution in [3.8, 4) is 0 Å². The van der Waals surface area contributed by atoms with Gasteiger partial charge >= 0.3 is 0 Å². The lowest BCUT2D eigenvalue weighted by Crippen LogP contribution is -2.60. The van der Waals surface area contributed by atoms with Gasteiger partial charge in [-0.1, -0.05) is 223 Å². The Morgan fingerprint density at radius 1 is 0.479 bits per heavy atom. The predicted molar refractivity (Wildman–Crippen MR) is 308 cm³/mol. The zero-order valence-corrected chi connectivity index (χ0v) is 45.3. The fraction of sp³-hybridized carbons (Fsp3) is 0.578. The lowest BCUT2D eigenvalue weighted by molar-refractivity contribution is -0.302. The number of hydrogen-bond acceptors (Lipinski definition) is 8. The minimum atomic E-state index is -1.58. The molecule has 73 heavy (non-hydrogen) atoms. The van der Waals surface area contributed by atoms with Crippen LogP contribution in [0.15, 0.2) is 158 Å². The van der Waals surface area contributed by atoms with Crippen molar-refractivity contribution in [1.29, 1.82) is 0 Å². The SMILES string of the molecule is CC/C=C\C/C=C\C/C=C\C/C=C\C/C=C\C/C=C\C/C=C\C/C=C\C/C=C\C/C=C\C/C=C\C/C=C\CCCCCCC(=O)NC(COC1OC(CO)C(O)C(O)C1O)C(O)/C=C/CCCCCCCCC. The number of unbranched alkanes of at least 4 members (excludes halogenated alkanes) is 11. The Hall–Kier alpha value is -4.19. The van der Waals surface area contributed by atoms with Crippen LogP contribution in [-0.4, -0.2) is 87.5 Å². The average Bonchev–Trinajstić information content (AvgIpc) is 3.39. The van der Waals surface area contributed by atoms with Gasteiger partial charge in [-0.25, -0.2) is 0 Å². The Bertz CT molecular complexity index is 1690. The van der Waals surface area contributed by atoms with E-state index in [0.29, 0.717) is 12.8 Å². The summed E-state index contributed by atoms with van der Waals surface area (Å²) in [6.45, 7) is 3.58. The highest BCUT2D eigenvalue weighted by molar-refractivity contribution is 5.76. The van der Waals surface area contributed by atoms with Gasteiger partial charge in [0.25, 0.3) is 0 Å². The summed E-state index contributed by atoms with van der Waals surface area (Å²) in [6, 6.07) is -0.828. The molecule has 0 radical (unpaired) electrons. The normalized spacial score (nSPS) is 20.3. The number of carbonyl (C=O) groups is 1. The van der Waals surface area contributed by atoms with E-state index in [4.69, 9.17) is 9.47 Å². The largest absolute Gasteiger partial charge is 0.394 e. The summed E-state index contributed by atoms with van der Waals surface area (Å²) >= 11 is 0. The highest BCUT2D eigenvalue weighted by Gasteiger charge is 2.44. The number of carbonyl (C=O) groups excluding carboxylic acids is 1. The topological polar surface area (TPSA) is 149 Å². The number of nitrogens with one attached hydrogen (secondary N) is 1. The number of ether oxygens (including phenoxy) is 2. The molecule has 0 aromatic rings. The Labute approximate surface area is 444 Å². The van der Waals surface area contributed by atoms with E-state index in [-0.39, 0.29) is 12.5 Å². The third kappa shape index (κ3) is 40.8. The molecule has 0 saturated carbocycles. The van der Waals surface area contributed by atoms with Crippen molar-refractivity contribution in [2.24, 2.45) is 0 Å². The molecule has 0 bridgehead atoms. The van der Waals surface area contributed by atoms with Gasteiger partial charge in [-0.05, 0) is 109 Å². The highest BCUT2D eigenvalue weighted by atomic mass is 16.7. The predicted octanol–water partition coefficient (Wildman–Crippen LogP) is 14.1. The van der Waals surface area contributed by atoms with Crippen LogP contribution in [0.1, 0.15) is 181 Å². The molecule has 410 valence electrons. The van der Waals surface area contributed by atoms with Crippen molar-refractivity contribution in [2.75, 3.05) is 13.2 Å². The summed E-state index contributed by atoms with van der Waals surface area (Å²) in [6.07, 6.45) is 74.7. The molecule has 0 aliphatic carbocycles. The van der Waals surface area contributed by atoms with E-state index < -0.39 is 49.5 Å². The first-order valence-corrected chi connectivity index (χ1v) is 28.2. The van der Waals surface area contributed by atoms with Gasteiger partial charge in [0.05, 0.1) is 25.4 Å². The van der Waals surface area contributed by atoms with Gasteiger partial charge in [-0.15, -0.1) is 0 Å². The Morgan fingerprint density at radius 3 is 1.26 bits per heavy atom. The fourth-order valence-corrected chi connectivity index (χ4v) is 7.66. The number of rotatable bonds is 45. The Balaban J connectivity index is 2.16. The van der Waals surface area contributed by atoms with E-state index in [1.807, 2.05) is 6.08 Å². The van der Waals surface area contributed by atoms with Crippen molar-refractivity contribution in [3.63, 3.8) is 0 Å². The van der Waals surface area contributed by atoms with Gasteiger partial charge in [0.1, 0.15) is 24.4 Å². The summed E-state index contributed by atoms with van der Waals surface area (Å²) in [4.78, 5) is 13.0. The third-order valence-electron chi connectivity index (χ3n) is 12.1. The van der Waals surface area contributed by atoms with Gasteiger partial charge in [0.2, 0.25) is 5.91 Å². The van der Waals surface area contributed by atoms with Gasteiger partial charge in [0.15, 0.2) is 6.29 Å². The summed E-state index contributed by atoms with van der Waals surface area (Å²) in [5.74, 6) is -0.212. The quantitative estimate of drug-likeness (QED) is 0.0261. The van der Waals surface area contributed by atoms with E-state index in [0.717, 1.165) is 122 Å². The fourth-order valence-electron chi connectivity index (χ4n) is 7.66. The highest BCUT2D eigenvalue weighted by Crippen LogP contribution is 2.22. The van der Waals surface area contributed by atoms with Crippen molar-refractivity contribution >= 4 is 5.91 Å². The van der Waals surface area contributed by atoms with Crippen LogP contribution < -0.4 is 5.32 Å². The zero-order valence-electron chi connectivity index (χ0n) is 45.3. The number of aliphatic hydroxyl groups is 5. The van der Waals surface area contributed by atoms with Crippen molar-refractivity contribution < 1.29 is 39.8 Å². The molecule has 0 aromatic carbocycles. The molecule has 7 unspecified atom stereocenters. The van der Waals surface area contributed by atoms with Crippen LogP contribution in [0.4, 0.5) is 0 Å². The van der Waals surface area contributed by atoms with Gasteiger partial charge < -0.3 is 40.3 Å². The number of hydrogen-bond donors (Lipinski definition) is 6. The first-order chi connectivity index (χ1) is 35.8. The lowest BCUT2D eigenvalue weighted by Gasteiger charge is -2.40. The molecular formula is C64H101NO8. The van der Waals surface area contributed by atoms with E-state index in [9.17, 15) is 30.3 Å². The third-order valence-corrected chi connectivity index (χ3v) is 12.1. The molecule has 9 heteroatoms. The molecule has 7 atom stereocenters. The Morgan fingerprint density at radius 2 is 0.849 bits per heavy atom. The number of allylic oxidation sites excluding steroid dienone is 25. The molecule has 1 aliphatic rings. The van der Waals surface area contributed by atoms with Crippen molar-refractivity contribution in [1.82, 2.24) is 5.32 Å². The maximum absolute atomic E-state index is 13.0. The first-order valence-electron chi connectivity index (χ1n) is 28.2.